The highest BCUT2D eigenvalue weighted by atomic mass is 35.5. The molecule has 0 aliphatic rings. The molecular formula is C25H25ClN4O6S. The molecule has 3 amide bonds. The van der Waals surface area contributed by atoms with E-state index in [2.05, 4.69) is 15.6 Å². The lowest BCUT2D eigenvalue weighted by molar-refractivity contribution is 0.0927. The van der Waals surface area contributed by atoms with Crippen LogP contribution in [-0.4, -0.2) is 57.9 Å². The van der Waals surface area contributed by atoms with Crippen LogP contribution in [0.5, 0.6) is 0 Å². The Kier molecular flexibility index (Phi) is 9.72. The molecule has 0 atom stereocenters. The van der Waals surface area contributed by atoms with Crippen molar-refractivity contribution in [2.45, 2.75) is 11.3 Å². The summed E-state index contributed by atoms with van der Waals surface area (Å²) in [6.45, 7) is 0.953. The van der Waals surface area contributed by atoms with Crippen LogP contribution in [0.25, 0.3) is 0 Å². The summed E-state index contributed by atoms with van der Waals surface area (Å²) >= 11 is 5.86. The number of hydrogen-bond donors (Lipinski definition) is 3. The maximum absolute atomic E-state index is 12.8. The Hall–Kier alpha value is -3.80. The van der Waals surface area contributed by atoms with Gasteiger partial charge in [0.05, 0.1) is 17.1 Å². The van der Waals surface area contributed by atoms with E-state index in [1.54, 1.807) is 12.1 Å². The number of carbonyl (C=O) groups is 3. The van der Waals surface area contributed by atoms with Gasteiger partial charge < -0.3 is 15.4 Å². The fourth-order valence-corrected chi connectivity index (χ4v) is 4.28. The average Bonchev–Trinajstić information content (AvgIpc) is 2.89. The number of rotatable bonds is 11. The molecule has 37 heavy (non-hydrogen) atoms. The van der Waals surface area contributed by atoms with Crippen LogP contribution in [0.2, 0.25) is 5.02 Å². The molecule has 194 valence electrons. The third kappa shape index (κ3) is 8.10. The van der Waals surface area contributed by atoms with E-state index in [1.165, 1.54) is 43.5 Å². The summed E-state index contributed by atoms with van der Waals surface area (Å²) in [4.78, 5) is 40.7. The largest absolute Gasteiger partial charge is 0.383 e. The highest BCUT2D eigenvalue weighted by molar-refractivity contribution is 7.90. The van der Waals surface area contributed by atoms with E-state index in [1.807, 2.05) is 16.9 Å². The van der Waals surface area contributed by atoms with Crippen molar-refractivity contribution in [2.75, 3.05) is 26.8 Å². The van der Waals surface area contributed by atoms with E-state index in [0.717, 1.165) is 11.8 Å². The van der Waals surface area contributed by atoms with Crippen LogP contribution in [0.1, 0.15) is 36.8 Å². The molecule has 3 N–H and O–H groups in total. The number of nitrogens with zero attached hydrogens (tertiary/aromatic N) is 1. The zero-order valence-electron chi connectivity index (χ0n) is 19.9. The molecule has 0 saturated carbocycles. The minimum Gasteiger partial charge on any atom is -0.383 e. The van der Waals surface area contributed by atoms with Crippen LogP contribution in [0, 0.1) is 0 Å². The normalized spacial score (nSPS) is 11.0. The highest BCUT2D eigenvalue weighted by Gasteiger charge is 2.21. The van der Waals surface area contributed by atoms with Gasteiger partial charge in [-0.05, 0) is 54.4 Å². The van der Waals surface area contributed by atoms with E-state index >= 15 is 0 Å². The minimum atomic E-state index is -4.29. The van der Waals surface area contributed by atoms with Crippen LogP contribution in [-0.2, 0) is 21.2 Å². The van der Waals surface area contributed by atoms with Gasteiger partial charge in [-0.15, -0.1) is 0 Å². The lowest BCUT2D eigenvalue weighted by Gasteiger charge is -2.10. The Morgan fingerprint density at radius 1 is 0.892 bits per heavy atom. The predicted octanol–water partition coefficient (Wildman–Crippen LogP) is 2.20. The van der Waals surface area contributed by atoms with Crippen molar-refractivity contribution in [2.24, 2.45) is 0 Å². The second kappa shape index (κ2) is 12.9. The van der Waals surface area contributed by atoms with Gasteiger partial charge in [0.25, 0.3) is 27.7 Å². The highest BCUT2D eigenvalue weighted by Crippen LogP contribution is 2.13. The number of aromatic nitrogens is 1. The van der Waals surface area contributed by atoms with Crippen LogP contribution < -0.4 is 15.4 Å². The molecule has 3 rings (SSSR count). The SMILES string of the molecule is COCCNC(=O)c1ccc(C(=O)NS(=O)(=O)c2cccc(C(=O)NCCc3ccc(Cl)cc3)c2)cn1. The molecule has 0 bridgehead atoms. The number of sulfonamides is 1. The summed E-state index contributed by atoms with van der Waals surface area (Å²) in [5.41, 5.74) is 1.10. The maximum atomic E-state index is 12.8. The van der Waals surface area contributed by atoms with Crippen LogP contribution >= 0.6 is 11.6 Å². The molecule has 0 radical (unpaired) electrons. The first kappa shape index (κ1) is 27.8. The standard InChI is InChI=1S/C25H25ClN4O6S/c1-36-14-13-28-25(33)22-10-7-19(16-29-22)24(32)30-37(34,35)21-4-2-3-18(15-21)23(31)27-12-11-17-5-8-20(26)9-6-17/h2-10,15-16H,11-14H2,1H3,(H,27,31)(H,28,33)(H,30,32). The number of pyridine rings is 1. The summed E-state index contributed by atoms with van der Waals surface area (Å²) < 4.78 is 32.3. The molecule has 0 aliphatic heterocycles. The number of halogens is 1. The first-order valence-corrected chi connectivity index (χ1v) is 13.0. The van der Waals surface area contributed by atoms with Crippen LogP contribution in [0.3, 0.4) is 0 Å². The van der Waals surface area contributed by atoms with Crippen LogP contribution in [0.15, 0.2) is 71.8 Å². The Morgan fingerprint density at radius 3 is 2.30 bits per heavy atom. The number of nitrogens with one attached hydrogen (secondary N) is 3. The first-order chi connectivity index (χ1) is 17.7. The van der Waals surface area contributed by atoms with E-state index < -0.39 is 27.7 Å². The van der Waals surface area contributed by atoms with E-state index in [-0.39, 0.29) is 28.3 Å². The second-order valence-electron chi connectivity index (χ2n) is 7.78. The Morgan fingerprint density at radius 2 is 1.62 bits per heavy atom. The summed E-state index contributed by atoms with van der Waals surface area (Å²) in [6, 6.07) is 15.1. The molecule has 12 heteroatoms. The summed E-state index contributed by atoms with van der Waals surface area (Å²) in [5, 5.41) is 5.94. The van der Waals surface area contributed by atoms with Gasteiger partial charge in [-0.25, -0.2) is 13.1 Å². The molecule has 3 aromatic rings. The molecule has 0 unspecified atom stereocenters. The van der Waals surface area contributed by atoms with Crippen LogP contribution in [0.4, 0.5) is 0 Å². The third-order valence-corrected chi connectivity index (χ3v) is 6.68. The average molecular weight is 545 g/mol. The predicted molar refractivity (Wildman–Crippen MR) is 137 cm³/mol. The summed E-state index contributed by atoms with van der Waals surface area (Å²) in [5.74, 6) is -1.85. The van der Waals surface area contributed by atoms with Gasteiger partial charge in [-0.1, -0.05) is 29.8 Å². The lowest BCUT2D eigenvalue weighted by Crippen LogP contribution is -2.31. The van der Waals surface area contributed by atoms with Crippen molar-refractivity contribution in [1.82, 2.24) is 20.3 Å². The molecule has 0 aliphatic carbocycles. The first-order valence-electron chi connectivity index (χ1n) is 11.1. The lowest BCUT2D eigenvalue weighted by atomic mass is 10.1. The monoisotopic (exact) mass is 544 g/mol. The van der Waals surface area contributed by atoms with Crippen molar-refractivity contribution in [3.05, 3.63) is 94.3 Å². The van der Waals surface area contributed by atoms with Crippen molar-refractivity contribution < 1.29 is 27.5 Å². The summed E-state index contributed by atoms with van der Waals surface area (Å²) in [6.07, 6.45) is 1.67. The fraction of sp³-hybridized carbons (Fsp3) is 0.200. The van der Waals surface area contributed by atoms with Gasteiger partial charge in [-0.2, -0.15) is 0 Å². The van der Waals surface area contributed by atoms with Crippen molar-refractivity contribution in [3.63, 3.8) is 0 Å². The number of carbonyl (C=O) groups excluding carboxylic acids is 3. The maximum Gasteiger partial charge on any atom is 0.269 e. The third-order valence-electron chi connectivity index (χ3n) is 5.10. The zero-order valence-corrected chi connectivity index (χ0v) is 21.4. The molecule has 1 heterocycles. The molecular weight excluding hydrogens is 520 g/mol. The Labute approximate surface area is 219 Å². The summed E-state index contributed by atoms with van der Waals surface area (Å²) in [7, 11) is -2.78. The number of benzene rings is 2. The Bertz CT molecular complexity index is 1360. The zero-order chi connectivity index (χ0) is 26.8. The number of hydrogen-bond acceptors (Lipinski definition) is 7. The van der Waals surface area contributed by atoms with Gasteiger partial charge >= 0.3 is 0 Å². The molecule has 0 fully saturated rings. The fourth-order valence-electron chi connectivity index (χ4n) is 3.14. The number of methoxy groups -OCH3 is 1. The van der Waals surface area contributed by atoms with Gasteiger partial charge in [0.2, 0.25) is 0 Å². The van der Waals surface area contributed by atoms with Gasteiger partial charge in [0, 0.05) is 37.0 Å². The molecule has 0 saturated heterocycles. The molecule has 1 aromatic heterocycles. The van der Waals surface area contributed by atoms with Gasteiger partial charge in [0.15, 0.2) is 0 Å². The van der Waals surface area contributed by atoms with Crippen molar-refractivity contribution >= 4 is 39.3 Å². The van der Waals surface area contributed by atoms with Gasteiger partial charge in [-0.3, -0.25) is 19.4 Å². The quantitative estimate of drug-likeness (QED) is 0.314. The Balaban J connectivity index is 1.60. The molecule has 0 spiro atoms. The van der Waals surface area contributed by atoms with Crippen molar-refractivity contribution in [1.29, 1.82) is 0 Å². The number of amides is 3. The smallest absolute Gasteiger partial charge is 0.269 e. The second-order valence-corrected chi connectivity index (χ2v) is 9.89. The minimum absolute atomic E-state index is 0.0605. The number of ether oxygens (including phenoxy) is 1. The van der Waals surface area contributed by atoms with E-state index in [4.69, 9.17) is 16.3 Å². The van der Waals surface area contributed by atoms with Gasteiger partial charge in [0.1, 0.15) is 5.69 Å². The van der Waals surface area contributed by atoms with Crippen molar-refractivity contribution in [3.8, 4) is 0 Å². The molecule has 10 nitrogen and oxygen atoms in total. The topological polar surface area (TPSA) is 144 Å². The molecule has 2 aromatic carbocycles. The van der Waals surface area contributed by atoms with E-state index in [9.17, 15) is 22.8 Å². The van der Waals surface area contributed by atoms with E-state index in [0.29, 0.717) is 24.6 Å².